The van der Waals surface area contributed by atoms with Gasteiger partial charge in [-0.2, -0.15) is 0 Å². The normalized spacial score (nSPS) is 27.5. The Kier molecular flexibility index (Phi) is 4.60. The Bertz CT molecular complexity index is 1150. The third kappa shape index (κ3) is 2.89. The van der Waals surface area contributed by atoms with Crippen LogP contribution < -0.4 is 5.43 Å². The Balaban J connectivity index is 1.97. The van der Waals surface area contributed by atoms with Crippen LogP contribution in [0.4, 0.5) is 0 Å². The molecular weight excluding hydrogens is 388 g/mol. The highest BCUT2D eigenvalue weighted by molar-refractivity contribution is 5.95. The van der Waals surface area contributed by atoms with Gasteiger partial charge in [0.15, 0.2) is 0 Å². The van der Waals surface area contributed by atoms with E-state index in [0.717, 1.165) is 12.1 Å². The average molecular weight is 406 g/mol. The molecule has 154 valence electrons. The molecule has 1 aromatic heterocycles. The van der Waals surface area contributed by atoms with Crippen LogP contribution in [0.1, 0.15) is 11.7 Å². The molecule has 3 aromatic rings. The number of hydrogen-bond acceptors (Lipinski definition) is 10. The van der Waals surface area contributed by atoms with Gasteiger partial charge in [-0.3, -0.25) is 4.79 Å². The summed E-state index contributed by atoms with van der Waals surface area (Å²) in [5.41, 5.74) is -1.17. The van der Waals surface area contributed by atoms with Gasteiger partial charge < -0.3 is 44.9 Å². The summed E-state index contributed by atoms with van der Waals surface area (Å²) in [6.45, 7) is -0.706. The van der Waals surface area contributed by atoms with Crippen LogP contribution in [-0.4, -0.2) is 66.8 Å². The van der Waals surface area contributed by atoms with Crippen molar-refractivity contribution in [3.8, 4) is 17.2 Å². The van der Waals surface area contributed by atoms with E-state index in [2.05, 4.69) is 0 Å². The number of aromatic hydroxyl groups is 3. The SMILES string of the molecule is O=c1c2cc(O)ccc2oc2cc(O)c([C@@H]3O[C@H](CO)[C@@H](O)[C@H](O)[C@H]3O)c(O)c12. The molecule has 2 aromatic carbocycles. The molecule has 10 heteroatoms. The van der Waals surface area contributed by atoms with Gasteiger partial charge in [0.25, 0.3) is 0 Å². The van der Waals surface area contributed by atoms with Crippen molar-refractivity contribution < 1.29 is 44.9 Å². The highest BCUT2D eigenvalue weighted by atomic mass is 16.5. The van der Waals surface area contributed by atoms with Crippen LogP contribution in [0.3, 0.4) is 0 Å². The van der Waals surface area contributed by atoms with E-state index < -0.39 is 59.6 Å². The Hall–Kier alpha value is -2.89. The van der Waals surface area contributed by atoms with Crippen LogP contribution >= 0.6 is 0 Å². The number of aliphatic hydroxyl groups excluding tert-OH is 4. The van der Waals surface area contributed by atoms with Crippen LogP contribution in [0, 0.1) is 0 Å². The molecule has 1 saturated heterocycles. The van der Waals surface area contributed by atoms with E-state index in [1.807, 2.05) is 0 Å². The molecule has 0 radical (unpaired) electrons. The molecule has 2 heterocycles. The molecule has 0 unspecified atom stereocenters. The van der Waals surface area contributed by atoms with Gasteiger partial charge in [0.05, 0.1) is 17.6 Å². The van der Waals surface area contributed by atoms with E-state index in [4.69, 9.17) is 9.15 Å². The van der Waals surface area contributed by atoms with Crippen LogP contribution in [0.15, 0.2) is 33.5 Å². The van der Waals surface area contributed by atoms with Gasteiger partial charge in [0.2, 0.25) is 5.43 Å². The Morgan fingerprint density at radius 3 is 2.34 bits per heavy atom. The van der Waals surface area contributed by atoms with Crippen molar-refractivity contribution in [1.82, 2.24) is 0 Å². The molecule has 1 aliphatic heterocycles. The second kappa shape index (κ2) is 6.87. The first-order chi connectivity index (χ1) is 13.7. The van der Waals surface area contributed by atoms with Gasteiger partial charge in [0, 0.05) is 6.07 Å². The maximum Gasteiger partial charge on any atom is 0.204 e. The molecule has 7 N–H and O–H groups in total. The lowest BCUT2D eigenvalue weighted by Crippen LogP contribution is -2.55. The van der Waals surface area contributed by atoms with Gasteiger partial charge in [-0.05, 0) is 18.2 Å². The fourth-order valence-corrected chi connectivity index (χ4v) is 3.60. The second-order valence-corrected chi connectivity index (χ2v) is 6.89. The molecule has 10 nitrogen and oxygen atoms in total. The third-order valence-corrected chi connectivity index (χ3v) is 5.11. The van der Waals surface area contributed by atoms with Crippen molar-refractivity contribution in [2.24, 2.45) is 0 Å². The summed E-state index contributed by atoms with van der Waals surface area (Å²) in [4.78, 5) is 12.9. The van der Waals surface area contributed by atoms with Crippen molar-refractivity contribution in [2.75, 3.05) is 6.61 Å². The molecule has 1 aliphatic rings. The molecule has 0 bridgehead atoms. The Labute approximate surface area is 162 Å². The maximum absolute atomic E-state index is 12.9. The number of rotatable bonds is 2. The van der Waals surface area contributed by atoms with Crippen molar-refractivity contribution in [1.29, 1.82) is 0 Å². The minimum absolute atomic E-state index is 0.0294. The van der Waals surface area contributed by atoms with Crippen molar-refractivity contribution >= 4 is 21.9 Å². The number of phenolic OH excluding ortho intramolecular Hbond substituents is 3. The van der Waals surface area contributed by atoms with Gasteiger partial charge >= 0.3 is 0 Å². The quantitative estimate of drug-likeness (QED) is 0.276. The molecular formula is C19H18O10. The van der Waals surface area contributed by atoms with Crippen LogP contribution in [0.5, 0.6) is 17.2 Å². The zero-order valence-corrected chi connectivity index (χ0v) is 14.8. The zero-order chi connectivity index (χ0) is 21.0. The fourth-order valence-electron chi connectivity index (χ4n) is 3.60. The average Bonchev–Trinajstić information content (AvgIpc) is 2.68. The lowest BCUT2D eigenvalue weighted by Gasteiger charge is -2.40. The van der Waals surface area contributed by atoms with E-state index in [1.54, 1.807) is 0 Å². The molecule has 0 spiro atoms. The monoisotopic (exact) mass is 406 g/mol. The first-order valence-electron chi connectivity index (χ1n) is 8.69. The summed E-state index contributed by atoms with van der Waals surface area (Å²) >= 11 is 0. The summed E-state index contributed by atoms with van der Waals surface area (Å²) in [6, 6.07) is 4.85. The first kappa shape index (κ1) is 19.4. The predicted octanol–water partition coefficient (Wildman–Crippen LogP) is -0.422. The minimum atomic E-state index is -1.78. The fraction of sp³-hybridized carbons (Fsp3) is 0.316. The van der Waals surface area contributed by atoms with Crippen LogP contribution in [-0.2, 0) is 4.74 Å². The number of phenols is 3. The largest absolute Gasteiger partial charge is 0.508 e. The number of ether oxygens (including phenoxy) is 1. The molecule has 4 rings (SSSR count). The van der Waals surface area contributed by atoms with Crippen molar-refractivity contribution in [3.05, 3.63) is 40.1 Å². The van der Waals surface area contributed by atoms with Crippen molar-refractivity contribution in [2.45, 2.75) is 30.5 Å². The summed E-state index contributed by atoms with van der Waals surface area (Å²) < 4.78 is 10.9. The topological polar surface area (TPSA) is 181 Å². The Morgan fingerprint density at radius 2 is 1.66 bits per heavy atom. The summed E-state index contributed by atoms with van der Waals surface area (Å²) in [7, 11) is 0. The molecule has 29 heavy (non-hydrogen) atoms. The summed E-state index contributed by atoms with van der Waals surface area (Å²) in [5, 5.41) is 70.0. The summed E-state index contributed by atoms with van der Waals surface area (Å²) in [5.74, 6) is -1.56. The maximum atomic E-state index is 12.9. The molecule has 0 saturated carbocycles. The van der Waals surface area contributed by atoms with E-state index in [1.165, 1.54) is 12.1 Å². The first-order valence-corrected chi connectivity index (χ1v) is 8.69. The zero-order valence-electron chi connectivity index (χ0n) is 14.8. The number of fused-ring (bicyclic) bond motifs is 2. The highest BCUT2D eigenvalue weighted by Gasteiger charge is 2.46. The molecule has 0 aliphatic carbocycles. The Morgan fingerprint density at radius 1 is 0.931 bits per heavy atom. The molecule has 0 amide bonds. The minimum Gasteiger partial charge on any atom is -0.508 e. The lowest BCUT2D eigenvalue weighted by atomic mass is 9.89. The van der Waals surface area contributed by atoms with Gasteiger partial charge in [0.1, 0.15) is 64.3 Å². The van der Waals surface area contributed by atoms with Gasteiger partial charge in [-0.1, -0.05) is 0 Å². The standard InChI is InChI=1S/C19H18O10/c20-5-11-15(24)17(26)18(27)19(29-11)12-8(22)4-10-13(16(12)25)14(23)7-3-6(21)1-2-9(7)28-10/h1-4,11,15,17-22,24-27H,5H2/t11-,15-,17+,18-,19+/m1/s1. The van der Waals surface area contributed by atoms with Gasteiger partial charge in [-0.15, -0.1) is 0 Å². The lowest BCUT2D eigenvalue weighted by molar-refractivity contribution is -0.232. The van der Waals surface area contributed by atoms with E-state index in [9.17, 15) is 40.5 Å². The number of hydrogen-bond donors (Lipinski definition) is 7. The summed E-state index contributed by atoms with van der Waals surface area (Å²) in [6.07, 6.45) is -8.00. The molecule has 1 fully saturated rings. The molecule has 5 atom stereocenters. The van der Waals surface area contributed by atoms with Gasteiger partial charge in [-0.25, -0.2) is 0 Å². The number of aliphatic hydroxyl groups is 4. The van der Waals surface area contributed by atoms with E-state index in [-0.39, 0.29) is 27.7 Å². The number of benzene rings is 2. The predicted molar refractivity (Wildman–Crippen MR) is 97.7 cm³/mol. The van der Waals surface area contributed by atoms with E-state index in [0.29, 0.717) is 0 Å². The van der Waals surface area contributed by atoms with Crippen LogP contribution in [0.2, 0.25) is 0 Å². The van der Waals surface area contributed by atoms with Crippen molar-refractivity contribution in [3.63, 3.8) is 0 Å². The highest BCUT2D eigenvalue weighted by Crippen LogP contribution is 2.44. The third-order valence-electron chi connectivity index (χ3n) is 5.11. The second-order valence-electron chi connectivity index (χ2n) is 6.89. The van der Waals surface area contributed by atoms with E-state index >= 15 is 0 Å². The van der Waals surface area contributed by atoms with Crippen LogP contribution in [0.25, 0.3) is 21.9 Å². The smallest absolute Gasteiger partial charge is 0.204 e.